The van der Waals surface area contributed by atoms with Crippen molar-refractivity contribution in [2.45, 2.75) is 20.3 Å². The molecule has 32 heavy (non-hydrogen) atoms. The van der Waals surface area contributed by atoms with E-state index in [0.717, 1.165) is 16.7 Å². The Labute approximate surface area is 187 Å². The lowest BCUT2D eigenvalue weighted by Crippen LogP contribution is -2.39. The minimum Gasteiger partial charge on any atom is -0.337 e. The van der Waals surface area contributed by atoms with Gasteiger partial charge in [-0.05, 0) is 56.2 Å². The number of hydrogen-bond donors (Lipinski definition) is 1. The van der Waals surface area contributed by atoms with E-state index < -0.39 is 5.56 Å². The lowest BCUT2D eigenvalue weighted by Gasteiger charge is -2.22. The fourth-order valence-corrected chi connectivity index (χ4v) is 4.08. The number of amides is 2. The zero-order chi connectivity index (χ0) is 22.7. The van der Waals surface area contributed by atoms with Crippen LogP contribution in [0.5, 0.6) is 0 Å². The van der Waals surface area contributed by atoms with Gasteiger partial charge in [-0.15, -0.1) is 0 Å². The molecule has 0 aliphatic carbocycles. The first kappa shape index (κ1) is 21.6. The molecule has 2 aromatic carbocycles. The highest BCUT2D eigenvalue weighted by atomic mass is 16.2. The van der Waals surface area contributed by atoms with Crippen LogP contribution < -0.4 is 5.56 Å². The predicted molar refractivity (Wildman–Crippen MR) is 125 cm³/mol. The number of hydrogen-bond acceptors (Lipinski definition) is 3. The van der Waals surface area contributed by atoms with Gasteiger partial charge in [-0.25, -0.2) is 0 Å². The van der Waals surface area contributed by atoms with E-state index in [1.165, 1.54) is 0 Å². The molecule has 0 unspecified atom stereocenters. The van der Waals surface area contributed by atoms with E-state index in [1.54, 1.807) is 21.9 Å². The molecule has 1 saturated heterocycles. The number of pyridine rings is 1. The number of aromatic nitrogens is 1. The molecule has 3 aromatic rings. The van der Waals surface area contributed by atoms with Gasteiger partial charge in [-0.1, -0.05) is 41.5 Å². The number of aryl methyl sites for hydroxylation is 2. The molecule has 0 spiro atoms. The van der Waals surface area contributed by atoms with Crippen LogP contribution in [0.15, 0.2) is 65.5 Å². The third-order valence-corrected chi connectivity index (χ3v) is 5.80. The van der Waals surface area contributed by atoms with Gasteiger partial charge in [-0.2, -0.15) is 0 Å². The van der Waals surface area contributed by atoms with Crippen LogP contribution in [-0.4, -0.2) is 52.8 Å². The Morgan fingerprint density at radius 1 is 0.781 bits per heavy atom. The second kappa shape index (κ2) is 9.22. The van der Waals surface area contributed by atoms with Crippen molar-refractivity contribution in [1.82, 2.24) is 14.8 Å². The molecular weight excluding hydrogens is 402 g/mol. The van der Waals surface area contributed by atoms with Crippen molar-refractivity contribution >= 4 is 11.8 Å². The first-order valence-electron chi connectivity index (χ1n) is 10.9. The highest BCUT2D eigenvalue weighted by Gasteiger charge is 2.25. The van der Waals surface area contributed by atoms with E-state index in [4.69, 9.17) is 0 Å². The van der Waals surface area contributed by atoms with Crippen LogP contribution in [0.4, 0.5) is 0 Å². The molecule has 6 nitrogen and oxygen atoms in total. The molecule has 2 heterocycles. The standard InChI is InChI=1S/C26H27N3O3/c1-18-6-3-8-20(16-18)23-11-10-22(24(30)27-23)26(32)29-13-5-12-28(14-15-29)25(31)21-9-4-7-19(2)17-21/h3-4,6-11,16-17H,5,12-15H2,1-2H3,(H,27,30). The fourth-order valence-electron chi connectivity index (χ4n) is 4.08. The highest BCUT2D eigenvalue weighted by molar-refractivity contribution is 5.95. The zero-order valence-electron chi connectivity index (χ0n) is 18.4. The largest absolute Gasteiger partial charge is 0.337 e. The summed E-state index contributed by atoms with van der Waals surface area (Å²) in [6, 6.07) is 18.7. The van der Waals surface area contributed by atoms with Crippen molar-refractivity contribution in [3.63, 3.8) is 0 Å². The van der Waals surface area contributed by atoms with Crippen LogP contribution >= 0.6 is 0 Å². The van der Waals surface area contributed by atoms with E-state index in [1.807, 2.05) is 62.4 Å². The number of carbonyl (C=O) groups excluding carboxylic acids is 2. The number of rotatable bonds is 3. The lowest BCUT2D eigenvalue weighted by molar-refractivity contribution is 0.0718. The Bertz CT molecular complexity index is 1210. The third-order valence-electron chi connectivity index (χ3n) is 5.80. The van der Waals surface area contributed by atoms with Crippen molar-refractivity contribution in [3.8, 4) is 11.3 Å². The van der Waals surface area contributed by atoms with Crippen LogP contribution in [0, 0.1) is 13.8 Å². The van der Waals surface area contributed by atoms with E-state index >= 15 is 0 Å². The van der Waals surface area contributed by atoms with Gasteiger partial charge in [0.1, 0.15) is 5.56 Å². The van der Waals surface area contributed by atoms with Gasteiger partial charge >= 0.3 is 0 Å². The number of nitrogens with one attached hydrogen (secondary N) is 1. The van der Waals surface area contributed by atoms with Gasteiger partial charge < -0.3 is 14.8 Å². The summed E-state index contributed by atoms with van der Waals surface area (Å²) in [7, 11) is 0. The summed E-state index contributed by atoms with van der Waals surface area (Å²) >= 11 is 0. The quantitative estimate of drug-likeness (QED) is 0.691. The molecule has 1 aliphatic rings. The van der Waals surface area contributed by atoms with Crippen molar-refractivity contribution in [3.05, 3.63) is 93.3 Å². The van der Waals surface area contributed by atoms with E-state index in [2.05, 4.69) is 4.98 Å². The maximum Gasteiger partial charge on any atom is 0.261 e. The molecular formula is C26H27N3O3. The minimum absolute atomic E-state index is 0.0247. The number of H-pyrrole nitrogens is 1. The first-order chi connectivity index (χ1) is 15.4. The third kappa shape index (κ3) is 4.64. The normalized spacial score (nSPS) is 14.2. The van der Waals surface area contributed by atoms with Gasteiger partial charge in [0, 0.05) is 37.4 Å². The Morgan fingerprint density at radius 3 is 2.09 bits per heavy atom. The van der Waals surface area contributed by atoms with Crippen molar-refractivity contribution in [1.29, 1.82) is 0 Å². The molecule has 1 aromatic heterocycles. The van der Waals surface area contributed by atoms with Gasteiger partial charge in [0.25, 0.3) is 17.4 Å². The van der Waals surface area contributed by atoms with Crippen LogP contribution in [-0.2, 0) is 0 Å². The SMILES string of the molecule is Cc1cccc(C(=O)N2CCCN(C(=O)c3ccc(-c4cccc(C)c4)[nH]c3=O)CC2)c1. The molecule has 164 valence electrons. The molecule has 0 atom stereocenters. The number of carbonyl (C=O) groups is 2. The summed E-state index contributed by atoms with van der Waals surface area (Å²) in [6.07, 6.45) is 0.669. The summed E-state index contributed by atoms with van der Waals surface area (Å²) in [5.41, 5.74) is 4.11. The molecule has 1 fully saturated rings. The Kier molecular flexibility index (Phi) is 6.21. The molecule has 0 saturated carbocycles. The van der Waals surface area contributed by atoms with E-state index in [9.17, 15) is 14.4 Å². The van der Waals surface area contributed by atoms with Crippen molar-refractivity contribution in [2.24, 2.45) is 0 Å². The average molecular weight is 430 g/mol. The van der Waals surface area contributed by atoms with Crippen molar-refractivity contribution < 1.29 is 9.59 Å². The molecule has 0 radical (unpaired) electrons. The zero-order valence-corrected chi connectivity index (χ0v) is 18.4. The summed E-state index contributed by atoms with van der Waals surface area (Å²) in [6.45, 7) is 5.88. The van der Waals surface area contributed by atoms with Crippen LogP contribution in [0.3, 0.4) is 0 Å². The highest BCUT2D eigenvalue weighted by Crippen LogP contribution is 2.18. The Hall–Kier alpha value is -3.67. The minimum atomic E-state index is -0.397. The molecule has 4 rings (SSSR count). The summed E-state index contributed by atoms with van der Waals surface area (Å²) in [5, 5.41) is 0. The topological polar surface area (TPSA) is 73.5 Å². The molecule has 1 N–H and O–H groups in total. The molecule has 0 bridgehead atoms. The Balaban J connectivity index is 1.47. The second-order valence-electron chi connectivity index (χ2n) is 8.29. The molecule has 2 amide bonds. The summed E-state index contributed by atoms with van der Waals surface area (Å²) in [4.78, 5) is 44.9. The predicted octanol–water partition coefficient (Wildman–Crippen LogP) is 3.65. The maximum atomic E-state index is 13.1. The maximum absolute atomic E-state index is 13.1. The monoisotopic (exact) mass is 429 g/mol. The lowest BCUT2D eigenvalue weighted by atomic mass is 10.1. The summed E-state index contributed by atoms with van der Waals surface area (Å²) in [5.74, 6) is -0.324. The van der Waals surface area contributed by atoms with Gasteiger partial charge in [0.05, 0.1) is 0 Å². The molecule has 1 aliphatic heterocycles. The van der Waals surface area contributed by atoms with Gasteiger partial charge in [-0.3, -0.25) is 14.4 Å². The average Bonchev–Trinajstić information content (AvgIpc) is 3.04. The number of nitrogens with zero attached hydrogens (tertiary/aromatic N) is 2. The fraction of sp³-hybridized carbons (Fsp3) is 0.269. The molecule has 6 heteroatoms. The number of aromatic amines is 1. The summed E-state index contributed by atoms with van der Waals surface area (Å²) < 4.78 is 0. The Morgan fingerprint density at radius 2 is 1.44 bits per heavy atom. The van der Waals surface area contributed by atoms with E-state index in [-0.39, 0.29) is 17.4 Å². The van der Waals surface area contributed by atoms with Gasteiger partial charge in [0.15, 0.2) is 0 Å². The van der Waals surface area contributed by atoms with Crippen LogP contribution in [0.2, 0.25) is 0 Å². The second-order valence-corrected chi connectivity index (χ2v) is 8.29. The van der Waals surface area contributed by atoms with Crippen molar-refractivity contribution in [2.75, 3.05) is 26.2 Å². The number of benzene rings is 2. The van der Waals surface area contributed by atoms with E-state index in [0.29, 0.717) is 43.9 Å². The van der Waals surface area contributed by atoms with Crippen LogP contribution in [0.25, 0.3) is 11.3 Å². The smallest absolute Gasteiger partial charge is 0.261 e. The first-order valence-corrected chi connectivity index (χ1v) is 10.9. The van der Waals surface area contributed by atoms with Gasteiger partial charge in [0.2, 0.25) is 0 Å². The van der Waals surface area contributed by atoms with Crippen LogP contribution in [0.1, 0.15) is 38.3 Å².